The van der Waals surface area contributed by atoms with Crippen LogP contribution in [0.25, 0.3) is 17.1 Å². The number of hydrogen-bond donors (Lipinski definition) is 1. The number of nitrogens with zero attached hydrogens (tertiary/aromatic N) is 4. The maximum absolute atomic E-state index is 12.4. The Morgan fingerprint density at radius 2 is 1.97 bits per heavy atom. The summed E-state index contributed by atoms with van der Waals surface area (Å²) in [5.41, 5.74) is 2.98. The zero-order valence-corrected chi connectivity index (χ0v) is 20.3. The molecule has 4 rings (SSSR count). The summed E-state index contributed by atoms with van der Waals surface area (Å²) in [4.78, 5) is 14.2. The van der Waals surface area contributed by atoms with Crippen LogP contribution in [-0.4, -0.2) is 64.7 Å². The molecule has 1 aromatic heterocycles. The molecule has 33 heavy (non-hydrogen) atoms. The molecule has 1 atom stereocenters. The van der Waals surface area contributed by atoms with Gasteiger partial charge in [0, 0.05) is 11.6 Å². The Kier molecular flexibility index (Phi) is 6.78. The normalized spacial score (nSPS) is 17.4. The average Bonchev–Trinajstić information content (AvgIpc) is 3.27. The van der Waals surface area contributed by atoms with E-state index in [1.807, 2.05) is 60.0 Å². The lowest BCUT2D eigenvalue weighted by atomic mass is 10.2. The second-order valence-corrected chi connectivity index (χ2v) is 11.1. The van der Waals surface area contributed by atoms with Gasteiger partial charge in [-0.15, -0.1) is 5.10 Å². The Morgan fingerprint density at radius 3 is 2.64 bits per heavy atom. The second-order valence-electron chi connectivity index (χ2n) is 8.47. The standard InChI is InChI=1S/C23H27N5O3S2/c1-17-7-6-10-20(13-17)28-22(18-8-4-3-5-9-18)25-27(23(28)32)16-26(2)14-21(29)24-19-11-12-33(30,31)15-19/h3-10,13,19H,11-12,14-16H2,1-2H3,(H,24,29)/t19-/m0/s1. The van der Waals surface area contributed by atoms with Crippen LogP contribution in [0.1, 0.15) is 12.0 Å². The van der Waals surface area contributed by atoms with Gasteiger partial charge < -0.3 is 5.32 Å². The molecule has 174 valence electrons. The van der Waals surface area contributed by atoms with E-state index in [9.17, 15) is 13.2 Å². The number of amides is 1. The van der Waals surface area contributed by atoms with E-state index in [2.05, 4.69) is 11.4 Å². The number of sulfone groups is 1. The minimum Gasteiger partial charge on any atom is -0.351 e. The topological polar surface area (TPSA) is 89.2 Å². The maximum Gasteiger partial charge on any atom is 0.234 e. The molecule has 1 aliphatic rings. The minimum absolute atomic E-state index is 0.00878. The Hall–Kier alpha value is -2.82. The third-order valence-electron chi connectivity index (χ3n) is 5.52. The summed E-state index contributed by atoms with van der Waals surface area (Å²) in [5, 5.41) is 7.60. The average molecular weight is 486 g/mol. The number of nitrogens with one attached hydrogen (secondary N) is 1. The number of carbonyl (C=O) groups is 1. The zero-order valence-electron chi connectivity index (χ0n) is 18.6. The number of hydrogen-bond acceptors (Lipinski definition) is 6. The molecule has 10 heteroatoms. The zero-order chi connectivity index (χ0) is 23.6. The fraction of sp³-hybridized carbons (Fsp3) is 0.348. The van der Waals surface area contributed by atoms with Gasteiger partial charge in [-0.3, -0.25) is 14.3 Å². The number of likely N-dealkylation sites (N-methyl/N-ethyl adjacent to an activating group) is 1. The highest BCUT2D eigenvalue weighted by atomic mass is 32.2. The van der Waals surface area contributed by atoms with Gasteiger partial charge in [-0.2, -0.15) is 0 Å². The first kappa shape index (κ1) is 23.3. The van der Waals surface area contributed by atoms with Gasteiger partial charge in [0.1, 0.15) is 0 Å². The van der Waals surface area contributed by atoms with Gasteiger partial charge in [-0.25, -0.2) is 13.1 Å². The van der Waals surface area contributed by atoms with Crippen molar-refractivity contribution >= 4 is 28.0 Å². The van der Waals surface area contributed by atoms with Gasteiger partial charge in [0.15, 0.2) is 15.7 Å². The molecule has 0 spiro atoms. The smallest absolute Gasteiger partial charge is 0.234 e. The van der Waals surface area contributed by atoms with E-state index in [4.69, 9.17) is 17.3 Å². The predicted molar refractivity (Wildman–Crippen MR) is 130 cm³/mol. The van der Waals surface area contributed by atoms with Crippen LogP contribution in [0.2, 0.25) is 0 Å². The Morgan fingerprint density at radius 1 is 1.21 bits per heavy atom. The Balaban J connectivity index is 1.55. The van der Waals surface area contributed by atoms with Crippen molar-refractivity contribution in [2.24, 2.45) is 0 Å². The van der Waals surface area contributed by atoms with Crippen LogP contribution in [-0.2, 0) is 21.3 Å². The van der Waals surface area contributed by atoms with E-state index in [1.165, 1.54) is 0 Å². The van der Waals surface area contributed by atoms with Crippen molar-refractivity contribution in [2.75, 3.05) is 25.1 Å². The number of carbonyl (C=O) groups excluding carboxylic acids is 1. The third-order valence-corrected chi connectivity index (χ3v) is 7.68. The van der Waals surface area contributed by atoms with Gasteiger partial charge >= 0.3 is 0 Å². The van der Waals surface area contributed by atoms with E-state index in [0.29, 0.717) is 17.9 Å². The maximum atomic E-state index is 12.4. The Bertz CT molecular complexity index is 1320. The molecule has 2 heterocycles. The van der Waals surface area contributed by atoms with E-state index < -0.39 is 9.84 Å². The van der Waals surface area contributed by atoms with Gasteiger partial charge in [0.25, 0.3) is 0 Å². The largest absolute Gasteiger partial charge is 0.351 e. The van der Waals surface area contributed by atoms with Gasteiger partial charge in [-0.05, 0) is 50.3 Å². The molecule has 8 nitrogen and oxygen atoms in total. The van der Waals surface area contributed by atoms with Crippen LogP contribution in [0.5, 0.6) is 0 Å². The molecule has 0 unspecified atom stereocenters. The SMILES string of the molecule is Cc1cccc(-n2c(-c3ccccc3)nn(CN(C)CC(=O)N[C@H]3CCS(=O)(=O)C3)c2=S)c1. The van der Waals surface area contributed by atoms with Crippen LogP contribution in [0, 0.1) is 11.7 Å². The highest BCUT2D eigenvalue weighted by Gasteiger charge is 2.29. The summed E-state index contributed by atoms with van der Waals surface area (Å²) in [5.74, 6) is 0.643. The monoisotopic (exact) mass is 485 g/mol. The van der Waals surface area contributed by atoms with Crippen LogP contribution in [0.4, 0.5) is 0 Å². The summed E-state index contributed by atoms with van der Waals surface area (Å²) >= 11 is 5.78. The first-order valence-electron chi connectivity index (χ1n) is 10.7. The lowest BCUT2D eigenvalue weighted by Crippen LogP contribution is -2.42. The fourth-order valence-electron chi connectivity index (χ4n) is 3.98. The fourth-order valence-corrected chi connectivity index (χ4v) is 5.94. The summed E-state index contributed by atoms with van der Waals surface area (Å²) < 4.78 is 27.4. The van der Waals surface area contributed by atoms with Crippen molar-refractivity contribution in [3.8, 4) is 17.1 Å². The van der Waals surface area contributed by atoms with Crippen molar-refractivity contribution in [3.05, 3.63) is 64.9 Å². The summed E-state index contributed by atoms with van der Waals surface area (Å²) in [7, 11) is -1.23. The molecule has 2 aromatic carbocycles. The lowest BCUT2D eigenvalue weighted by molar-refractivity contribution is -0.122. The number of rotatable bonds is 7. The van der Waals surface area contributed by atoms with E-state index in [-0.39, 0.29) is 30.0 Å². The number of aromatic nitrogens is 3. The van der Waals surface area contributed by atoms with Crippen LogP contribution in [0.3, 0.4) is 0 Å². The van der Waals surface area contributed by atoms with Gasteiger partial charge in [0.05, 0.1) is 30.4 Å². The highest BCUT2D eigenvalue weighted by Crippen LogP contribution is 2.23. The lowest BCUT2D eigenvalue weighted by Gasteiger charge is -2.18. The van der Waals surface area contributed by atoms with Crippen LogP contribution in [0.15, 0.2) is 54.6 Å². The van der Waals surface area contributed by atoms with Crippen molar-refractivity contribution in [3.63, 3.8) is 0 Å². The highest BCUT2D eigenvalue weighted by molar-refractivity contribution is 7.91. The number of benzene rings is 2. The molecule has 0 aliphatic carbocycles. The summed E-state index contributed by atoms with van der Waals surface area (Å²) in [6, 6.07) is 17.6. The predicted octanol–water partition coefficient (Wildman–Crippen LogP) is 2.57. The summed E-state index contributed by atoms with van der Waals surface area (Å²) in [6.45, 7) is 2.45. The first-order valence-corrected chi connectivity index (χ1v) is 13.0. The molecular formula is C23H27N5O3S2. The van der Waals surface area contributed by atoms with Crippen molar-refractivity contribution in [1.82, 2.24) is 24.6 Å². The quantitative estimate of drug-likeness (QED) is 0.518. The van der Waals surface area contributed by atoms with E-state index >= 15 is 0 Å². The number of aryl methyl sites for hydroxylation is 1. The first-order chi connectivity index (χ1) is 15.7. The minimum atomic E-state index is -3.04. The van der Waals surface area contributed by atoms with Crippen molar-refractivity contribution in [2.45, 2.75) is 26.1 Å². The molecule has 1 saturated heterocycles. The molecule has 0 radical (unpaired) electrons. The molecule has 3 aromatic rings. The third kappa shape index (κ3) is 5.58. The molecular weight excluding hydrogens is 458 g/mol. The van der Waals surface area contributed by atoms with E-state index in [0.717, 1.165) is 22.6 Å². The van der Waals surface area contributed by atoms with Crippen LogP contribution < -0.4 is 5.32 Å². The molecule has 1 amide bonds. The molecule has 0 saturated carbocycles. The molecule has 1 fully saturated rings. The molecule has 0 bridgehead atoms. The van der Waals surface area contributed by atoms with E-state index in [1.54, 1.807) is 16.6 Å². The molecule has 1 aliphatic heterocycles. The van der Waals surface area contributed by atoms with Crippen LogP contribution >= 0.6 is 12.2 Å². The molecule has 1 N–H and O–H groups in total. The van der Waals surface area contributed by atoms with Gasteiger partial charge in [0.2, 0.25) is 10.7 Å². The second kappa shape index (κ2) is 9.58. The van der Waals surface area contributed by atoms with Crippen molar-refractivity contribution in [1.29, 1.82) is 0 Å². The Labute approximate surface area is 198 Å². The summed E-state index contributed by atoms with van der Waals surface area (Å²) in [6.07, 6.45) is 0.462. The van der Waals surface area contributed by atoms with Gasteiger partial charge in [-0.1, -0.05) is 42.5 Å². The van der Waals surface area contributed by atoms with Crippen molar-refractivity contribution < 1.29 is 13.2 Å².